The minimum absolute atomic E-state index is 0.787. The molecule has 4 rings (SSSR count). The molecule has 0 spiro atoms. The van der Waals surface area contributed by atoms with Crippen LogP contribution in [0, 0.1) is 0 Å². The van der Waals surface area contributed by atoms with Gasteiger partial charge in [-0.15, -0.1) is 0 Å². The summed E-state index contributed by atoms with van der Waals surface area (Å²) in [6.07, 6.45) is -36.2. The fourth-order valence-electron chi connectivity index (χ4n) is 7.05. The van der Waals surface area contributed by atoms with Crippen LogP contribution in [0.4, 0.5) is 0 Å². The predicted molar refractivity (Wildman–Crippen MR) is 174 cm³/mol. The number of rotatable bonds is 15. The van der Waals surface area contributed by atoms with Gasteiger partial charge in [-0.1, -0.05) is 0 Å². The van der Waals surface area contributed by atoms with E-state index in [2.05, 4.69) is 10.6 Å². The van der Waals surface area contributed by atoms with E-state index in [0.717, 1.165) is 13.8 Å². The molecule has 26 nitrogen and oxygen atoms in total. The van der Waals surface area contributed by atoms with Crippen molar-refractivity contribution in [3.63, 3.8) is 0 Å². The molecule has 4 saturated heterocycles. The summed E-state index contributed by atoms with van der Waals surface area (Å²) in [4.78, 5) is 36.9. The molecule has 4 aliphatic heterocycles. The molecule has 4 aliphatic rings. The van der Waals surface area contributed by atoms with E-state index in [0.29, 0.717) is 0 Å². The van der Waals surface area contributed by atoms with Crippen LogP contribution < -0.4 is 10.6 Å². The van der Waals surface area contributed by atoms with Gasteiger partial charge in [-0.05, 0) is 0 Å². The Hall–Kier alpha value is -2.39. The number of amides is 2. The summed E-state index contributed by atoms with van der Waals surface area (Å²) in [5.74, 6) is -6.74. The van der Waals surface area contributed by atoms with Gasteiger partial charge in [0.05, 0.1) is 38.6 Å². The fraction of sp³-hybridized carbons (Fsp3) is 0.903. The number of nitrogens with one attached hydrogen (secondary N) is 2. The van der Waals surface area contributed by atoms with E-state index in [1.54, 1.807) is 0 Å². The summed E-state index contributed by atoms with van der Waals surface area (Å²) in [6.45, 7) is -1.98. The molecule has 2 amide bonds. The zero-order chi connectivity index (χ0) is 42.7. The third-order valence-corrected chi connectivity index (χ3v) is 9.98. The molecule has 4 fully saturated rings. The average molecular weight is 837 g/mol. The summed E-state index contributed by atoms with van der Waals surface area (Å²) < 4.78 is 38.8. The number of hydrogen-bond donors (Lipinski definition) is 16. The first kappa shape index (κ1) is 47.3. The summed E-state index contributed by atoms with van der Waals surface area (Å²) in [5.41, 5.74) is 0. The maximum absolute atomic E-state index is 12.8. The number of carboxylic acid groups (broad SMARTS) is 1. The summed E-state index contributed by atoms with van der Waals surface area (Å²) in [5, 5.41) is 151. The van der Waals surface area contributed by atoms with Crippen molar-refractivity contribution in [1.29, 1.82) is 0 Å². The van der Waals surface area contributed by atoms with Gasteiger partial charge in [0.2, 0.25) is 11.8 Å². The monoisotopic (exact) mass is 836 g/mol. The Morgan fingerprint density at radius 2 is 1.21 bits per heavy atom. The van der Waals surface area contributed by atoms with Crippen LogP contribution in [0.15, 0.2) is 0 Å². The highest BCUT2D eigenvalue weighted by atomic mass is 16.8. The standard InChI is InChI=1S/C31H52N2O24/c1-8(38)32-15-10(40)3-31(30(49)50,56-24(15)17(42)11(41)4-34)57-26-19(44)13(6-36)52-29(22(26)47)54-23-14(7-37)53-28(16(20(23)45)33-9(2)39)55-25-18(43)12(5-35)51-27(48)21(25)46/h10-29,34-37,40-48H,3-7H2,1-2H3,(H,32,38)(H,33,39)(H,49,50)/t10-,11+,12+,13+,14+,15+,16+,17+,18-,19-,20+,21+,22+,23+,24+,25-,26-,27+,28-,29+,31-/m0/s1. The molecular formula is C31H52N2O24. The second-order valence-corrected chi connectivity index (χ2v) is 14.0. The van der Waals surface area contributed by atoms with Crippen LogP contribution in [0.25, 0.3) is 0 Å². The Kier molecular flexibility index (Phi) is 16.4. The largest absolute Gasteiger partial charge is 0.477 e. The first-order chi connectivity index (χ1) is 26.7. The van der Waals surface area contributed by atoms with Gasteiger partial charge in [0.25, 0.3) is 5.79 Å². The Morgan fingerprint density at radius 3 is 1.75 bits per heavy atom. The molecule has 21 atom stereocenters. The van der Waals surface area contributed by atoms with Crippen LogP contribution in [0.2, 0.25) is 0 Å². The van der Waals surface area contributed by atoms with Crippen molar-refractivity contribution in [3.05, 3.63) is 0 Å². The number of carbonyl (C=O) groups is 3. The van der Waals surface area contributed by atoms with Gasteiger partial charge in [-0.25, -0.2) is 4.79 Å². The van der Waals surface area contributed by atoms with Gasteiger partial charge in [0.15, 0.2) is 18.9 Å². The second-order valence-electron chi connectivity index (χ2n) is 14.0. The normalized spacial score (nSPS) is 45.1. The van der Waals surface area contributed by atoms with E-state index in [1.807, 2.05) is 0 Å². The van der Waals surface area contributed by atoms with E-state index in [9.17, 15) is 85.9 Å². The second kappa shape index (κ2) is 19.8. The van der Waals surface area contributed by atoms with Gasteiger partial charge in [0.1, 0.15) is 91.5 Å². The van der Waals surface area contributed by atoms with Crippen molar-refractivity contribution in [2.75, 3.05) is 26.4 Å². The van der Waals surface area contributed by atoms with Crippen molar-refractivity contribution >= 4 is 17.8 Å². The minimum atomic E-state index is -3.12. The molecule has 4 heterocycles. The lowest BCUT2D eigenvalue weighted by Crippen LogP contribution is -2.71. The lowest BCUT2D eigenvalue weighted by molar-refractivity contribution is -0.386. The van der Waals surface area contributed by atoms with Crippen LogP contribution in [0.3, 0.4) is 0 Å². The van der Waals surface area contributed by atoms with Crippen LogP contribution in [0.1, 0.15) is 20.3 Å². The number of carbonyl (C=O) groups excluding carboxylic acids is 2. The number of aliphatic hydroxyl groups is 13. The predicted octanol–water partition coefficient (Wildman–Crippen LogP) is -10.3. The molecule has 0 aromatic carbocycles. The summed E-state index contributed by atoms with van der Waals surface area (Å²) in [7, 11) is 0. The van der Waals surface area contributed by atoms with Gasteiger partial charge < -0.3 is 115 Å². The highest BCUT2D eigenvalue weighted by Crippen LogP contribution is 2.39. The molecule has 26 heteroatoms. The van der Waals surface area contributed by atoms with E-state index >= 15 is 0 Å². The SMILES string of the molecule is CC(=O)N[C@H]1[C@H](O[C@@H]2[C@@H](O)[C@H](O)O[C@H](CO)[C@@H]2O)O[C@H](CO)[C@@H](O[C@H]2O[C@H](CO)[C@H](O)[C@H](O[C@]3(C(=O)O)C[C@H](O)[C@@H](NC(C)=O)[C@H]([C@H](O)[C@H](O)CO)O3)[C@H]2O)[C@@H]1O. The lowest BCUT2D eigenvalue weighted by atomic mass is 9.88. The molecule has 0 unspecified atom stereocenters. The first-order valence-corrected chi connectivity index (χ1v) is 17.7. The maximum Gasteiger partial charge on any atom is 0.364 e. The van der Waals surface area contributed by atoms with Crippen molar-refractivity contribution < 1.29 is 119 Å². The molecule has 57 heavy (non-hydrogen) atoms. The Morgan fingerprint density at radius 1 is 0.684 bits per heavy atom. The highest BCUT2D eigenvalue weighted by Gasteiger charge is 2.60. The fourth-order valence-corrected chi connectivity index (χ4v) is 7.05. The quantitative estimate of drug-likeness (QED) is 0.0728. The zero-order valence-corrected chi connectivity index (χ0v) is 30.4. The molecule has 0 bridgehead atoms. The Balaban J connectivity index is 1.63. The molecule has 0 aromatic rings. The number of ether oxygens (including phenoxy) is 7. The highest BCUT2D eigenvalue weighted by molar-refractivity contribution is 5.76. The van der Waals surface area contributed by atoms with E-state index < -0.39 is 179 Å². The summed E-state index contributed by atoms with van der Waals surface area (Å²) in [6, 6.07) is -3.30. The zero-order valence-electron chi connectivity index (χ0n) is 30.4. The molecule has 16 N–H and O–H groups in total. The minimum Gasteiger partial charge on any atom is -0.477 e. The van der Waals surface area contributed by atoms with Crippen LogP contribution in [-0.4, -0.2) is 244 Å². The van der Waals surface area contributed by atoms with Crippen molar-refractivity contribution in [1.82, 2.24) is 10.6 Å². The smallest absolute Gasteiger partial charge is 0.364 e. The molecule has 0 aliphatic carbocycles. The third-order valence-electron chi connectivity index (χ3n) is 9.98. The Bertz CT molecular complexity index is 1350. The lowest BCUT2D eigenvalue weighted by Gasteiger charge is -2.51. The average Bonchev–Trinajstić information content (AvgIpc) is 3.16. The van der Waals surface area contributed by atoms with Gasteiger partial charge in [-0.3, -0.25) is 9.59 Å². The van der Waals surface area contributed by atoms with Gasteiger partial charge in [0, 0.05) is 20.3 Å². The van der Waals surface area contributed by atoms with Crippen LogP contribution in [0.5, 0.6) is 0 Å². The molecule has 0 aromatic heterocycles. The van der Waals surface area contributed by atoms with Crippen LogP contribution in [-0.2, 0) is 47.5 Å². The van der Waals surface area contributed by atoms with Crippen molar-refractivity contribution in [3.8, 4) is 0 Å². The number of carboxylic acids is 1. The molecule has 0 radical (unpaired) electrons. The number of hydrogen-bond acceptors (Lipinski definition) is 23. The van der Waals surface area contributed by atoms with Gasteiger partial charge in [-0.2, -0.15) is 0 Å². The third kappa shape index (κ3) is 10.2. The topological polar surface area (TPSA) is 423 Å². The molecule has 0 saturated carbocycles. The first-order valence-electron chi connectivity index (χ1n) is 17.7. The van der Waals surface area contributed by atoms with Gasteiger partial charge >= 0.3 is 5.97 Å². The maximum atomic E-state index is 12.8. The van der Waals surface area contributed by atoms with Crippen LogP contribution >= 0.6 is 0 Å². The van der Waals surface area contributed by atoms with E-state index in [-0.39, 0.29) is 0 Å². The number of aliphatic hydroxyl groups excluding tert-OH is 13. The van der Waals surface area contributed by atoms with E-state index in [1.165, 1.54) is 0 Å². The van der Waals surface area contributed by atoms with Crippen molar-refractivity contribution in [2.45, 2.75) is 149 Å². The molecule has 330 valence electrons. The van der Waals surface area contributed by atoms with E-state index in [4.69, 9.17) is 33.2 Å². The molecular weight excluding hydrogens is 784 g/mol. The Labute approximate surface area is 322 Å². The summed E-state index contributed by atoms with van der Waals surface area (Å²) >= 11 is 0. The number of aliphatic carboxylic acids is 1. The van der Waals surface area contributed by atoms with Crippen molar-refractivity contribution in [2.24, 2.45) is 0 Å².